The van der Waals surface area contributed by atoms with Crippen LogP contribution in [0, 0.1) is 11.8 Å². The smallest absolute Gasteiger partial charge is 0.320 e. The average Bonchev–Trinajstić information content (AvgIpc) is 2.84. The fourth-order valence-corrected chi connectivity index (χ4v) is 2.95. The number of hydrogen-bond donors (Lipinski definition) is 1. The molecule has 2 saturated heterocycles. The lowest BCUT2D eigenvalue weighted by atomic mass is 10.0. The van der Waals surface area contributed by atoms with Crippen molar-refractivity contribution < 1.29 is 4.79 Å². The predicted octanol–water partition coefficient (Wildman–Crippen LogP) is 1.38. The second kappa shape index (κ2) is 5.25. The molecule has 2 amide bonds. The van der Waals surface area contributed by atoms with Gasteiger partial charge in [0.1, 0.15) is 0 Å². The maximum atomic E-state index is 12.1. The first-order chi connectivity index (χ1) is 8.08. The molecular formula is C13H25N3O. The highest BCUT2D eigenvalue weighted by Crippen LogP contribution is 2.22. The van der Waals surface area contributed by atoms with E-state index < -0.39 is 0 Å². The van der Waals surface area contributed by atoms with Crippen LogP contribution in [0.1, 0.15) is 26.7 Å². The Morgan fingerprint density at radius 2 is 2.24 bits per heavy atom. The van der Waals surface area contributed by atoms with Crippen LogP contribution in [-0.4, -0.2) is 55.1 Å². The summed E-state index contributed by atoms with van der Waals surface area (Å²) in [6, 6.07) is 0.638. The largest absolute Gasteiger partial charge is 0.323 e. The summed E-state index contributed by atoms with van der Waals surface area (Å²) >= 11 is 0. The normalized spacial score (nSPS) is 29.8. The van der Waals surface area contributed by atoms with E-state index in [1.165, 1.54) is 6.42 Å². The SMILES string of the molecule is CC(C)CC1CN(CC2CCNC2)C(=O)N1C. The van der Waals surface area contributed by atoms with Gasteiger partial charge in [0.15, 0.2) is 0 Å². The Hall–Kier alpha value is -0.770. The fraction of sp³-hybridized carbons (Fsp3) is 0.923. The zero-order valence-electron chi connectivity index (χ0n) is 11.3. The molecule has 2 fully saturated rings. The quantitative estimate of drug-likeness (QED) is 0.804. The molecule has 2 aliphatic rings. The van der Waals surface area contributed by atoms with Gasteiger partial charge in [-0.15, -0.1) is 0 Å². The number of nitrogens with one attached hydrogen (secondary N) is 1. The summed E-state index contributed by atoms with van der Waals surface area (Å²) in [6.07, 6.45) is 2.32. The number of rotatable bonds is 4. The van der Waals surface area contributed by atoms with Crippen molar-refractivity contribution >= 4 is 6.03 Å². The standard InChI is InChI=1S/C13H25N3O/c1-10(2)6-12-9-16(13(17)15(12)3)8-11-4-5-14-7-11/h10-12,14H,4-9H2,1-3H3. The maximum Gasteiger partial charge on any atom is 0.320 e. The lowest BCUT2D eigenvalue weighted by Crippen LogP contribution is -2.34. The molecule has 2 rings (SSSR count). The van der Waals surface area contributed by atoms with Crippen molar-refractivity contribution in [2.75, 3.05) is 33.2 Å². The van der Waals surface area contributed by atoms with E-state index in [0.717, 1.165) is 32.6 Å². The Labute approximate surface area is 104 Å². The summed E-state index contributed by atoms with van der Waals surface area (Å²) in [4.78, 5) is 16.1. The summed E-state index contributed by atoms with van der Waals surface area (Å²) in [6.45, 7) is 8.48. The third kappa shape index (κ3) is 2.92. The summed E-state index contributed by atoms with van der Waals surface area (Å²) in [5.74, 6) is 1.31. The molecule has 2 unspecified atom stereocenters. The van der Waals surface area contributed by atoms with Gasteiger partial charge in [-0.1, -0.05) is 13.8 Å². The summed E-state index contributed by atoms with van der Waals surface area (Å²) in [5, 5.41) is 3.36. The monoisotopic (exact) mass is 239 g/mol. The highest BCUT2D eigenvalue weighted by molar-refractivity contribution is 5.76. The van der Waals surface area contributed by atoms with Crippen LogP contribution in [0.25, 0.3) is 0 Å². The van der Waals surface area contributed by atoms with Crippen molar-refractivity contribution in [3.8, 4) is 0 Å². The van der Waals surface area contributed by atoms with Gasteiger partial charge in [-0.25, -0.2) is 4.79 Å². The zero-order chi connectivity index (χ0) is 12.4. The molecule has 2 heterocycles. The van der Waals surface area contributed by atoms with E-state index in [9.17, 15) is 4.79 Å². The molecule has 98 valence electrons. The number of urea groups is 1. The molecule has 0 aliphatic carbocycles. The lowest BCUT2D eigenvalue weighted by Gasteiger charge is -2.19. The van der Waals surface area contributed by atoms with Gasteiger partial charge in [0.05, 0.1) is 6.04 Å². The first-order valence-electron chi connectivity index (χ1n) is 6.80. The Balaban J connectivity index is 1.88. The van der Waals surface area contributed by atoms with Crippen LogP contribution in [0.3, 0.4) is 0 Å². The van der Waals surface area contributed by atoms with E-state index in [-0.39, 0.29) is 6.03 Å². The van der Waals surface area contributed by atoms with Crippen molar-refractivity contribution in [3.63, 3.8) is 0 Å². The van der Waals surface area contributed by atoms with Crippen molar-refractivity contribution in [2.45, 2.75) is 32.7 Å². The fourth-order valence-electron chi connectivity index (χ4n) is 2.95. The highest BCUT2D eigenvalue weighted by atomic mass is 16.2. The molecule has 1 N–H and O–H groups in total. The van der Waals surface area contributed by atoms with E-state index in [1.807, 2.05) is 16.8 Å². The molecule has 17 heavy (non-hydrogen) atoms. The van der Waals surface area contributed by atoms with Gasteiger partial charge in [-0.2, -0.15) is 0 Å². The summed E-state index contributed by atoms with van der Waals surface area (Å²) in [5.41, 5.74) is 0. The van der Waals surface area contributed by atoms with Crippen LogP contribution in [0.15, 0.2) is 0 Å². The molecule has 4 nitrogen and oxygen atoms in total. The molecule has 0 aromatic heterocycles. The minimum absolute atomic E-state index is 0.225. The molecule has 0 bridgehead atoms. The predicted molar refractivity (Wildman–Crippen MR) is 69.0 cm³/mol. The third-order valence-corrected chi connectivity index (χ3v) is 3.94. The first-order valence-corrected chi connectivity index (χ1v) is 6.80. The topological polar surface area (TPSA) is 35.6 Å². The van der Waals surface area contributed by atoms with E-state index in [2.05, 4.69) is 19.2 Å². The van der Waals surface area contributed by atoms with Gasteiger partial charge in [0.2, 0.25) is 0 Å². The van der Waals surface area contributed by atoms with E-state index in [0.29, 0.717) is 17.9 Å². The van der Waals surface area contributed by atoms with Gasteiger partial charge < -0.3 is 15.1 Å². The van der Waals surface area contributed by atoms with Gasteiger partial charge in [-0.05, 0) is 37.8 Å². The van der Waals surface area contributed by atoms with E-state index in [4.69, 9.17) is 0 Å². The number of amides is 2. The molecule has 0 aromatic carbocycles. The van der Waals surface area contributed by atoms with Crippen LogP contribution in [-0.2, 0) is 0 Å². The molecule has 0 spiro atoms. The van der Waals surface area contributed by atoms with Gasteiger partial charge in [0.25, 0.3) is 0 Å². The van der Waals surface area contributed by atoms with Crippen molar-refractivity contribution in [2.24, 2.45) is 11.8 Å². The average molecular weight is 239 g/mol. The number of carbonyl (C=O) groups excluding carboxylic acids is 1. The molecule has 0 radical (unpaired) electrons. The Morgan fingerprint density at radius 1 is 1.47 bits per heavy atom. The number of carbonyl (C=O) groups is 1. The number of likely N-dealkylation sites (N-methyl/N-ethyl adjacent to an activating group) is 1. The first kappa shape index (κ1) is 12.7. The van der Waals surface area contributed by atoms with Gasteiger partial charge in [0, 0.05) is 20.1 Å². The Bertz CT molecular complexity index is 274. The highest BCUT2D eigenvalue weighted by Gasteiger charge is 2.35. The van der Waals surface area contributed by atoms with E-state index >= 15 is 0 Å². The van der Waals surface area contributed by atoms with Crippen molar-refractivity contribution in [1.82, 2.24) is 15.1 Å². The molecule has 0 aromatic rings. The Kier molecular flexibility index (Phi) is 3.92. The molecule has 2 atom stereocenters. The Morgan fingerprint density at radius 3 is 2.82 bits per heavy atom. The number of hydrogen-bond acceptors (Lipinski definition) is 2. The maximum absolute atomic E-state index is 12.1. The van der Waals surface area contributed by atoms with Crippen LogP contribution < -0.4 is 5.32 Å². The van der Waals surface area contributed by atoms with Crippen LogP contribution >= 0.6 is 0 Å². The molecule has 2 aliphatic heterocycles. The van der Waals surface area contributed by atoms with Gasteiger partial charge in [-0.3, -0.25) is 0 Å². The second-order valence-electron chi connectivity index (χ2n) is 5.94. The van der Waals surface area contributed by atoms with E-state index in [1.54, 1.807) is 0 Å². The van der Waals surface area contributed by atoms with Crippen LogP contribution in [0.5, 0.6) is 0 Å². The molecular weight excluding hydrogens is 214 g/mol. The minimum atomic E-state index is 0.225. The zero-order valence-corrected chi connectivity index (χ0v) is 11.3. The van der Waals surface area contributed by atoms with Crippen LogP contribution in [0.4, 0.5) is 4.79 Å². The summed E-state index contributed by atoms with van der Waals surface area (Å²) in [7, 11) is 1.95. The van der Waals surface area contributed by atoms with Crippen molar-refractivity contribution in [1.29, 1.82) is 0 Å². The molecule has 0 saturated carbocycles. The minimum Gasteiger partial charge on any atom is -0.323 e. The van der Waals surface area contributed by atoms with Crippen LogP contribution in [0.2, 0.25) is 0 Å². The van der Waals surface area contributed by atoms with Gasteiger partial charge >= 0.3 is 6.03 Å². The number of nitrogens with zero attached hydrogens (tertiary/aromatic N) is 2. The second-order valence-corrected chi connectivity index (χ2v) is 5.94. The van der Waals surface area contributed by atoms with Crippen molar-refractivity contribution in [3.05, 3.63) is 0 Å². The third-order valence-electron chi connectivity index (χ3n) is 3.94. The summed E-state index contributed by atoms with van der Waals surface area (Å²) < 4.78 is 0. The molecule has 4 heteroatoms. The lowest BCUT2D eigenvalue weighted by molar-refractivity contribution is 0.189.